The van der Waals surface area contributed by atoms with E-state index in [1.807, 2.05) is 0 Å². The molecule has 0 saturated carbocycles. The Bertz CT molecular complexity index is 400. The minimum atomic E-state index is -0.476. The Hall–Kier alpha value is -1.22. The van der Waals surface area contributed by atoms with Gasteiger partial charge in [-0.1, -0.05) is 33.1 Å². The third-order valence-electron chi connectivity index (χ3n) is 3.62. The fourth-order valence-electron chi connectivity index (χ4n) is 2.10. The number of benzene rings is 1. The molecule has 0 radical (unpaired) electrons. The number of unbranched alkanes of at least 4 members (excludes halogenated alkanes) is 1. The van der Waals surface area contributed by atoms with Crippen molar-refractivity contribution in [3.05, 3.63) is 35.6 Å². The van der Waals surface area contributed by atoms with Crippen molar-refractivity contribution in [1.29, 1.82) is 0 Å². The first-order chi connectivity index (χ1) is 9.58. The van der Waals surface area contributed by atoms with Crippen molar-refractivity contribution in [2.24, 2.45) is 5.92 Å². The van der Waals surface area contributed by atoms with E-state index < -0.39 is 6.10 Å². The molecule has 2 unspecified atom stereocenters. The van der Waals surface area contributed by atoms with Crippen LogP contribution < -0.4 is 0 Å². The molecule has 20 heavy (non-hydrogen) atoms. The first-order valence-electron chi connectivity index (χ1n) is 7.49. The highest BCUT2D eigenvalue weighted by molar-refractivity contribution is 5.99. The number of carbonyl (C=O) groups excluding carboxylic acids is 1. The van der Waals surface area contributed by atoms with Gasteiger partial charge < -0.3 is 4.74 Å². The normalized spacial score (nSPS) is 14.0. The molecule has 0 aliphatic carbocycles. The molecule has 0 aliphatic rings. The van der Waals surface area contributed by atoms with Crippen LogP contribution in [0.25, 0.3) is 0 Å². The number of ketones is 1. The van der Waals surface area contributed by atoms with Gasteiger partial charge in [-0.25, -0.2) is 4.39 Å². The Labute approximate surface area is 121 Å². The van der Waals surface area contributed by atoms with Gasteiger partial charge in [0.2, 0.25) is 0 Å². The highest BCUT2D eigenvalue weighted by atomic mass is 19.1. The standard InChI is InChI=1S/C17H25FO2/c1-4-6-7-14(5-2)12-20-13(3)17(19)15-8-10-16(18)11-9-15/h8-11,13-14H,4-7,12H2,1-3H3. The smallest absolute Gasteiger partial charge is 0.191 e. The molecule has 0 N–H and O–H groups in total. The van der Waals surface area contributed by atoms with Gasteiger partial charge in [0.25, 0.3) is 0 Å². The maximum absolute atomic E-state index is 12.8. The largest absolute Gasteiger partial charge is 0.370 e. The predicted octanol–water partition coefficient (Wildman–Crippen LogP) is 4.63. The summed E-state index contributed by atoms with van der Waals surface area (Å²) >= 11 is 0. The Morgan fingerprint density at radius 2 is 1.90 bits per heavy atom. The minimum absolute atomic E-state index is 0.0876. The van der Waals surface area contributed by atoms with E-state index in [1.165, 1.54) is 37.1 Å². The predicted molar refractivity (Wildman–Crippen MR) is 79.5 cm³/mol. The Morgan fingerprint density at radius 3 is 2.45 bits per heavy atom. The number of hydrogen-bond acceptors (Lipinski definition) is 2. The molecule has 0 aliphatic heterocycles. The highest BCUT2D eigenvalue weighted by Crippen LogP contribution is 2.15. The molecule has 0 aromatic heterocycles. The summed E-state index contributed by atoms with van der Waals surface area (Å²) in [7, 11) is 0. The molecular formula is C17H25FO2. The summed E-state index contributed by atoms with van der Waals surface area (Å²) < 4.78 is 18.5. The van der Waals surface area contributed by atoms with Crippen molar-refractivity contribution in [2.75, 3.05) is 6.61 Å². The lowest BCUT2D eigenvalue weighted by atomic mass is 10.0. The van der Waals surface area contributed by atoms with Crippen LogP contribution in [0.2, 0.25) is 0 Å². The van der Waals surface area contributed by atoms with E-state index in [0.29, 0.717) is 18.1 Å². The number of Topliss-reactive ketones (excluding diaryl/α,β-unsaturated/α-hetero) is 1. The first-order valence-corrected chi connectivity index (χ1v) is 7.49. The van der Waals surface area contributed by atoms with Gasteiger partial charge in [0, 0.05) is 5.56 Å². The van der Waals surface area contributed by atoms with Crippen molar-refractivity contribution in [3.8, 4) is 0 Å². The molecule has 2 atom stereocenters. The molecule has 0 spiro atoms. The van der Waals surface area contributed by atoms with E-state index >= 15 is 0 Å². The zero-order valence-electron chi connectivity index (χ0n) is 12.7. The zero-order chi connectivity index (χ0) is 15.0. The molecule has 0 bridgehead atoms. The van der Waals surface area contributed by atoms with Crippen LogP contribution in [0.4, 0.5) is 4.39 Å². The molecule has 2 nitrogen and oxygen atoms in total. The van der Waals surface area contributed by atoms with E-state index in [4.69, 9.17) is 4.74 Å². The summed E-state index contributed by atoms with van der Waals surface area (Å²) in [6.07, 6.45) is 4.11. The summed E-state index contributed by atoms with van der Waals surface area (Å²) in [6, 6.07) is 5.62. The van der Waals surface area contributed by atoms with Crippen LogP contribution in [0, 0.1) is 11.7 Å². The third-order valence-corrected chi connectivity index (χ3v) is 3.62. The third kappa shape index (κ3) is 5.41. The van der Waals surface area contributed by atoms with Crippen molar-refractivity contribution < 1.29 is 13.9 Å². The lowest BCUT2D eigenvalue weighted by Crippen LogP contribution is -2.24. The average molecular weight is 280 g/mol. The molecule has 1 rings (SSSR count). The lowest BCUT2D eigenvalue weighted by Gasteiger charge is -2.18. The maximum Gasteiger partial charge on any atom is 0.191 e. The second kappa shape index (κ2) is 8.85. The van der Waals surface area contributed by atoms with Crippen LogP contribution in [0.1, 0.15) is 56.8 Å². The molecular weight excluding hydrogens is 255 g/mol. The van der Waals surface area contributed by atoms with Crippen molar-refractivity contribution in [2.45, 2.75) is 52.6 Å². The molecule has 0 amide bonds. The van der Waals surface area contributed by atoms with Crippen LogP contribution in [0.15, 0.2) is 24.3 Å². The fraction of sp³-hybridized carbons (Fsp3) is 0.588. The summed E-state index contributed by atoms with van der Waals surface area (Å²) in [4.78, 5) is 12.1. The van der Waals surface area contributed by atoms with Crippen LogP contribution in [0.5, 0.6) is 0 Å². The number of ether oxygens (including phenoxy) is 1. The molecule has 0 fully saturated rings. The summed E-state index contributed by atoms with van der Waals surface area (Å²) in [6.45, 7) is 6.70. The Balaban J connectivity index is 2.46. The van der Waals surface area contributed by atoms with Gasteiger partial charge in [-0.05, 0) is 43.5 Å². The molecule has 1 aromatic rings. The highest BCUT2D eigenvalue weighted by Gasteiger charge is 2.17. The van der Waals surface area contributed by atoms with Gasteiger partial charge in [-0.3, -0.25) is 4.79 Å². The van der Waals surface area contributed by atoms with Gasteiger partial charge in [0.15, 0.2) is 5.78 Å². The average Bonchev–Trinajstić information content (AvgIpc) is 2.47. The molecule has 3 heteroatoms. The van der Waals surface area contributed by atoms with E-state index in [2.05, 4.69) is 13.8 Å². The maximum atomic E-state index is 12.8. The monoisotopic (exact) mass is 280 g/mol. The van der Waals surface area contributed by atoms with Crippen LogP contribution in [0.3, 0.4) is 0 Å². The minimum Gasteiger partial charge on any atom is -0.370 e. The Kier molecular flexibility index (Phi) is 7.45. The number of carbonyl (C=O) groups is 1. The molecule has 0 saturated heterocycles. The van der Waals surface area contributed by atoms with Gasteiger partial charge in [0.05, 0.1) is 6.61 Å². The van der Waals surface area contributed by atoms with Crippen LogP contribution in [-0.4, -0.2) is 18.5 Å². The van der Waals surface area contributed by atoms with Gasteiger partial charge in [-0.2, -0.15) is 0 Å². The van der Waals surface area contributed by atoms with Crippen molar-refractivity contribution >= 4 is 5.78 Å². The quantitative estimate of drug-likeness (QED) is 0.616. The molecule has 1 aromatic carbocycles. The second-order valence-electron chi connectivity index (χ2n) is 5.26. The zero-order valence-corrected chi connectivity index (χ0v) is 12.7. The summed E-state index contributed by atoms with van der Waals surface area (Å²) in [5.74, 6) is 0.0921. The SMILES string of the molecule is CCCCC(CC)COC(C)C(=O)c1ccc(F)cc1. The van der Waals surface area contributed by atoms with Crippen molar-refractivity contribution in [1.82, 2.24) is 0 Å². The van der Waals surface area contributed by atoms with E-state index in [-0.39, 0.29) is 11.6 Å². The van der Waals surface area contributed by atoms with Gasteiger partial charge in [-0.15, -0.1) is 0 Å². The summed E-state index contributed by atoms with van der Waals surface area (Å²) in [5.41, 5.74) is 0.500. The van der Waals surface area contributed by atoms with Gasteiger partial charge >= 0.3 is 0 Å². The molecule has 0 heterocycles. The number of hydrogen-bond donors (Lipinski definition) is 0. The second-order valence-corrected chi connectivity index (χ2v) is 5.26. The first kappa shape index (κ1) is 16.8. The topological polar surface area (TPSA) is 26.3 Å². The fourth-order valence-corrected chi connectivity index (χ4v) is 2.10. The number of rotatable bonds is 9. The Morgan fingerprint density at radius 1 is 1.25 bits per heavy atom. The lowest BCUT2D eigenvalue weighted by molar-refractivity contribution is 0.0321. The van der Waals surface area contributed by atoms with Crippen LogP contribution in [-0.2, 0) is 4.74 Å². The molecule has 112 valence electrons. The van der Waals surface area contributed by atoms with Gasteiger partial charge in [0.1, 0.15) is 11.9 Å². The van der Waals surface area contributed by atoms with Crippen molar-refractivity contribution in [3.63, 3.8) is 0 Å². The van der Waals surface area contributed by atoms with E-state index in [0.717, 1.165) is 12.8 Å². The van der Waals surface area contributed by atoms with E-state index in [9.17, 15) is 9.18 Å². The van der Waals surface area contributed by atoms with Crippen LogP contribution >= 0.6 is 0 Å². The summed E-state index contributed by atoms with van der Waals surface area (Å²) in [5, 5.41) is 0. The van der Waals surface area contributed by atoms with E-state index in [1.54, 1.807) is 6.92 Å². The number of halogens is 1.